The Morgan fingerprint density at radius 3 is 2.13 bits per heavy atom. The van der Waals surface area contributed by atoms with Gasteiger partial charge in [0.2, 0.25) is 11.8 Å². The molecule has 1 atom stereocenters. The van der Waals surface area contributed by atoms with Crippen LogP contribution in [0.25, 0.3) is 0 Å². The zero-order valence-corrected chi connectivity index (χ0v) is 29.1. The summed E-state index contributed by atoms with van der Waals surface area (Å²) in [6.45, 7) is 7.04. The van der Waals surface area contributed by atoms with Gasteiger partial charge in [0.15, 0.2) is 0 Å². The van der Waals surface area contributed by atoms with Crippen molar-refractivity contribution in [1.29, 1.82) is 0 Å². The monoisotopic (exact) mass is 705 g/mol. The number of hydrogen-bond donors (Lipinski definition) is 1. The number of carbonyl (C=O) groups is 2. The van der Waals surface area contributed by atoms with Crippen LogP contribution < -0.4 is 14.4 Å². The predicted molar refractivity (Wildman–Crippen MR) is 185 cm³/mol. The van der Waals surface area contributed by atoms with Crippen LogP contribution in [0.4, 0.5) is 5.69 Å². The van der Waals surface area contributed by atoms with Crippen LogP contribution in [0.2, 0.25) is 0 Å². The number of methoxy groups -OCH3 is 1. The average Bonchev–Trinajstić information content (AvgIpc) is 3.02. The lowest BCUT2D eigenvalue weighted by atomic mass is 10.0. The molecule has 0 bridgehead atoms. The number of sulfonamides is 1. The van der Waals surface area contributed by atoms with E-state index in [0.717, 1.165) is 25.5 Å². The molecule has 10 heteroatoms. The summed E-state index contributed by atoms with van der Waals surface area (Å²) >= 11 is 3.46. The summed E-state index contributed by atoms with van der Waals surface area (Å²) in [5, 5.41) is 3.04. The van der Waals surface area contributed by atoms with Gasteiger partial charge in [0.25, 0.3) is 10.0 Å². The van der Waals surface area contributed by atoms with Gasteiger partial charge < -0.3 is 15.0 Å². The second-order valence-corrected chi connectivity index (χ2v) is 14.9. The number of hydrogen-bond acceptors (Lipinski definition) is 5. The summed E-state index contributed by atoms with van der Waals surface area (Å²) in [6.07, 6.45) is 0.231. The van der Waals surface area contributed by atoms with E-state index in [1.54, 1.807) is 36.4 Å². The molecule has 8 nitrogen and oxygen atoms in total. The number of ether oxygens (including phenoxy) is 1. The predicted octanol–water partition coefficient (Wildman–Crippen LogP) is 6.52. The Labute approximate surface area is 280 Å². The number of nitrogens with zero attached hydrogens (tertiary/aromatic N) is 2. The Balaban J connectivity index is 1.83. The van der Waals surface area contributed by atoms with Gasteiger partial charge in [-0.1, -0.05) is 82.2 Å². The van der Waals surface area contributed by atoms with Gasteiger partial charge in [0.05, 0.1) is 17.7 Å². The standard InChI is InChI=1S/C36H40BrN3O5S/c1-26-14-20-32(21-15-26)46(43,44)40(30-12-9-13-31(23-30)45-5)25-34(41)39(24-28-16-18-29(37)19-17-28)33(35(42)38-36(2,3)4)22-27-10-7-6-8-11-27/h6-21,23,33H,22,24-25H2,1-5H3,(H,38,42)/t33-/m0/s1. The van der Waals surface area contributed by atoms with Gasteiger partial charge in [-0.15, -0.1) is 0 Å². The fourth-order valence-electron chi connectivity index (χ4n) is 4.93. The summed E-state index contributed by atoms with van der Waals surface area (Å²) in [4.78, 5) is 30.1. The minimum atomic E-state index is -4.21. The highest BCUT2D eigenvalue weighted by Crippen LogP contribution is 2.28. The van der Waals surface area contributed by atoms with Crippen molar-refractivity contribution in [3.8, 4) is 5.75 Å². The summed E-state index contributed by atoms with van der Waals surface area (Å²) < 4.78 is 35.8. The highest BCUT2D eigenvalue weighted by atomic mass is 79.9. The lowest BCUT2D eigenvalue weighted by Crippen LogP contribution is -2.56. The summed E-state index contributed by atoms with van der Waals surface area (Å²) in [7, 11) is -2.72. The summed E-state index contributed by atoms with van der Waals surface area (Å²) in [6, 6.07) is 29.0. The third kappa shape index (κ3) is 9.20. The Bertz CT molecular complexity index is 1740. The van der Waals surface area contributed by atoms with Crippen LogP contribution in [-0.2, 0) is 32.6 Å². The molecular weight excluding hydrogens is 666 g/mol. The third-order valence-corrected chi connectivity index (χ3v) is 9.58. The molecule has 46 heavy (non-hydrogen) atoms. The molecule has 0 fully saturated rings. The maximum Gasteiger partial charge on any atom is 0.264 e. The van der Waals surface area contributed by atoms with Crippen molar-refractivity contribution in [2.45, 2.75) is 57.1 Å². The molecule has 0 saturated carbocycles. The molecule has 4 aromatic rings. The van der Waals surface area contributed by atoms with Crippen molar-refractivity contribution in [3.05, 3.63) is 124 Å². The number of nitrogens with one attached hydrogen (secondary N) is 1. The number of carbonyl (C=O) groups excluding carboxylic acids is 2. The van der Waals surface area contributed by atoms with Gasteiger partial charge in [0.1, 0.15) is 18.3 Å². The first-order valence-corrected chi connectivity index (χ1v) is 17.1. The fourth-order valence-corrected chi connectivity index (χ4v) is 6.60. The highest BCUT2D eigenvalue weighted by molar-refractivity contribution is 9.10. The molecule has 242 valence electrons. The Morgan fingerprint density at radius 1 is 0.870 bits per heavy atom. The number of rotatable bonds is 12. The van der Waals surface area contributed by atoms with Crippen molar-refractivity contribution in [1.82, 2.24) is 10.2 Å². The van der Waals surface area contributed by atoms with E-state index in [4.69, 9.17) is 4.74 Å². The van der Waals surface area contributed by atoms with Gasteiger partial charge >= 0.3 is 0 Å². The average molecular weight is 707 g/mol. The first-order chi connectivity index (χ1) is 21.8. The van der Waals surface area contributed by atoms with Crippen LogP contribution in [0.1, 0.15) is 37.5 Å². The van der Waals surface area contributed by atoms with Crippen LogP contribution in [0.5, 0.6) is 5.75 Å². The van der Waals surface area contributed by atoms with Crippen molar-refractivity contribution in [3.63, 3.8) is 0 Å². The van der Waals surface area contributed by atoms with Crippen LogP contribution in [-0.4, -0.2) is 50.4 Å². The molecule has 0 unspecified atom stereocenters. The van der Waals surface area contributed by atoms with Gasteiger partial charge in [-0.25, -0.2) is 8.42 Å². The van der Waals surface area contributed by atoms with E-state index in [2.05, 4.69) is 21.2 Å². The van der Waals surface area contributed by atoms with E-state index in [9.17, 15) is 18.0 Å². The number of anilines is 1. The molecule has 4 rings (SSSR count). The Hall–Kier alpha value is -4.15. The van der Waals surface area contributed by atoms with Crippen LogP contribution in [0.3, 0.4) is 0 Å². The molecule has 0 radical (unpaired) electrons. The van der Waals surface area contributed by atoms with Crippen molar-refractivity contribution >= 4 is 43.5 Å². The molecule has 0 aliphatic heterocycles. The van der Waals surface area contributed by atoms with Gasteiger partial charge in [-0.3, -0.25) is 13.9 Å². The lowest BCUT2D eigenvalue weighted by Gasteiger charge is -2.35. The van der Waals surface area contributed by atoms with Gasteiger partial charge in [0, 0.05) is 29.0 Å². The SMILES string of the molecule is COc1cccc(N(CC(=O)N(Cc2ccc(Br)cc2)[C@@H](Cc2ccccc2)C(=O)NC(C)(C)C)S(=O)(=O)c2ccc(C)cc2)c1. The van der Waals surface area contributed by atoms with Crippen molar-refractivity contribution < 1.29 is 22.7 Å². The number of aryl methyl sites for hydroxylation is 1. The first kappa shape index (κ1) is 34.7. The van der Waals surface area contributed by atoms with E-state index in [1.807, 2.05) is 82.3 Å². The molecular formula is C36H40BrN3O5S. The number of amides is 2. The van der Waals surface area contributed by atoms with Gasteiger partial charge in [-0.2, -0.15) is 0 Å². The molecule has 0 aromatic heterocycles. The van der Waals surface area contributed by atoms with E-state index in [1.165, 1.54) is 24.1 Å². The van der Waals surface area contributed by atoms with Crippen LogP contribution in [0.15, 0.2) is 112 Å². The molecule has 4 aromatic carbocycles. The van der Waals surface area contributed by atoms with E-state index < -0.39 is 34.1 Å². The maximum atomic E-state index is 14.6. The molecule has 0 saturated heterocycles. The lowest BCUT2D eigenvalue weighted by molar-refractivity contribution is -0.140. The largest absolute Gasteiger partial charge is 0.497 e. The number of halogens is 1. The second kappa shape index (κ2) is 15.0. The maximum absolute atomic E-state index is 14.6. The van der Waals surface area contributed by atoms with E-state index in [-0.39, 0.29) is 29.5 Å². The van der Waals surface area contributed by atoms with Crippen LogP contribution >= 0.6 is 15.9 Å². The number of benzene rings is 4. The smallest absolute Gasteiger partial charge is 0.264 e. The first-order valence-electron chi connectivity index (χ1n) is 14.9. The topological polar surface area (TPSA) is 96.0 Å². The van der Waals surface area contributed by atoms with E-state index >= 15 is 0 Å². The summed E-state index contributed by atoms with van der Waals surface area (Å²) in [5.41, 5.74) is 2.24. The molecule has 2 amide bonds. The molecule has 0 aliphatic rings. The summed E-state index contributed by atoms with van der Waals surface area (Å²) in [5.74, 6) is -0.435. The second-order valence-electron chi connectivity index (χ2n) is 12.1. The van der Waals surface area contributed by atoms with E-state index in [0.29, 0.717) is 5.75 Å². The minimum Gasteiger partial charge on any atom is -0.497 e. The quantitative estimate of drug-likeness (QED) is 0.181. The fraction of sp³-hybridized carbons (Fsp3) is 0.278. The molecule has 1 N–H and O–H groups in total. The third-order valence-electron chi connectivity index (χ3n) is 7.26. The molecule has 0 heterocycles. The highest BCUT2D eigenvalue weighted by Gasteiger charge is 2.35. The van der Waals surface area contributed by atoms with Crippen LogP contribution in [0, 0.1) is 6.92 Å². The zero-order valence-electron chi connectivity index (χ0n) is 26.7. The van der Waals surface area contributed by atoms with Crippen molar-refractivity contribution in [2.24, 2.45) is 0 Å². The molecule has 0 spiro atoms. The normalized spacial score (nSPS) is 12.2. The van der Waals surface area contributed by atoms with Gasteiger partial charge in [-0.05, 0) is 75.2 Å². The zero-order chi connectivity index (χ0) is 33.5. The Morgan fingerprint density at radius 2 is 1.52 bits per heavy atom. The molecule has 0 aliphatic carbocycles. The Kier molecular flexibility index (Phi) is 11.3. The minimum absolute atomic E-state index is 0.0412. The van der Waals surface area contributed by atoms with Crippen molar-refractivity contribution in [2.75, 3.05) is 18.0 Å².